The molecule has 0 spiro atoms. The first kappa shape index (κ1) is 17.4. The second-order valence-electron chi connectivity index (χ2n) is 5.46. The molecule has 0 saturated heterocycles. The highest BCUT2D eigenvalue weighted by Gasteiger charge is 2.34. The van der Waals surface area contributed by atoms with Crippen LogP contribution in [0.3, 0.4) is 0 Å². The van der Waals surface area contributed by atoms with Gasteiger partial charge >= 0.3 is 6.18 Å². The molecular weight excluding hydrogens is 351 g/mol. The van der Waals surface area contributed by atoms with E-state index in [0.29, 0.717) is 5.56 Å². The number of rotatable bonds is 4. The van der Waals surface area contributed by atoms with Gasteiger partial charge < -0.3 is 10.4 Å². The van der Waals surface area contributed by atoms with Gasteiger partial charge in [-0.15, -0.1) is 11.3 Å². The van der Waals surface area contributed by atoms with Gasteiger partial charge in [0.1, 0.15) is 0 Å². The molecule has 25 heavy (non-hydrogen) atoms. The highest BCUT2D eigenvalue weighted by Crippen LogP contribution is 2.32. The summed E-state index contributed by atoms with van der Waals surface area (Å²) < 4.78 is 39.9. The molecular formula is C18H14F3NO2S. The van der Waals surface area contributed by atoms with Crippen molar-refractivity contribution in [3.63, 3.8) is 0 Å². The van der Waals surface area contributed by atoms with Crippen molar-refractivity contribution < 1.29 is 23.1 Å². The molecule has 3 nitrogen and oxygen atoms in total. The summed E-state index contributed by atoms with van der Waals surface area (Å²) in [5, 5.41) is 15.3. The molecule has 0 saturated carbocycles. The quantitative estimate of drug-likeness (QED) is 0.721. The van der Waals surface area contributed by atoms with Gasteiger partial charge in [0.2, 0.25) is 0 Å². The van der Waals surface area contributed by atoms with E-state index in [0.717, 1.165) is 22.2 Å². The van der Waals surface area contributed by atoms with E-state index in [1.807, 2.05) is 24.3 Å². The lowest BCUT2D eigenvalue weighted by atomic mass is 10.1. The molecule has 0 aliphatic rings. The highest BCUT2D eigenvalue weighted by atomic mass is 32.1. The lowest BCUT2D eigenvalue weighted by Crippen LogP contribution is -2.30. The maximum atomic E-state index is 13.0. The Morgan fingerprint density at radius 3 is 2.56 bits per heavy atom. The number of thiophene rings is 1. The standard InChI is InChI=1S/C18H14F3NO2S/c19-18(20,21)14-7-3-1-6-12(14)17(24)22-9-15(23)13-10-25-16-8-4-2-5-11(13)16/h1-8,10,15,23H,9H2,(H,22,24)/t15-/m1/s1. The van der Waals surface area contributed by atoms with Crippen LogP contribution in [0.15, 0.2) is 53.9 Å². The lowest BCUT2D eigenvalue weighted by molar-refractivity contribution is -0.137. The summed E-state index contributed by atoms with van der Waals surface area (Å²) in [6.45, 7) is -0.175. The number of carbonyl (C=O) groups is 1. The summed E-state index contributed by atoms with van der Waals surface area (Å²) in [6.07, 6.45) is -5.62. The molecule has 0 radical (unpaired) electrons. The Kier molecular flexibility index (Phi) is 4.78. The molecule has 2 aromatic carbocycles. The van der Waals surface area contributed by atoms with Gasteiger partial charge in [-0.2, -0.15) is 13.2 Å². The van der Waals surface area contributed by atoms with E-state index in [-0.39, 0.29) is 6.54 Å². The van der Waals surface area contributed by atoms with Crippen molar-refractivity contribution in [2.24, 2.45) is 0 Å². The summed E-state index contributed by atoms with van der Waals surface area (Å²) in [5.41, 5.74) is -0.814. The van der Waals surface area contributed by atoms with E-state index >= 15 is 0 Å². The molecule has 3 aromatic rings. The van der Waals surface area contributed by atoms with Crippen LogP contribution in [0.1, 0.15) is 27.6 Å². The van der Waals surface area contributed by atoms with Crippen molar-refractivity contribution in [2.45, 2.75) is 12.3 Å². The topological polar surface area (TPSA) is 49.3 Å². The summed E-state index contributed by atoms with van der Waals surface area (Å²) in [4.78, 5) is 12.1. The fourth-order valence-electron chi connectivity index (χ4n) is 2.58. The first-order valence-electron chi connectivity index (χ1n) is 7.46. The first-order valence-corrected chi connectivity index (χ1v) is 8.34. The second-order valence-corrected chi connectivity index (χ2v) is 6.37. The minimum atomic E-state index is -4.61. The highest BCUT2D eigenvalue weighted by molar-refractivity contribution is 7.17. The van der Waals surface area contributed by atoms with Crippen LogP contribution in [0, 0.1) is 0 Å². The van der Waals surface area contributed by atoms with Crippen LogP contribution in [0.2, 0.25) is 0 Å². The van der Waals surface area contributed by atoms with Crippen molar-refractivity contribution in [1.29, 1.82) is 0 Å². The molecule has 0 unspecified atom stereocenters. The van der Waals surface area contributed by atoms with Crippen LogP contribution >= 0.6 is 11.3 Å². The number of benzene rings is 2. The number of hydrogen-bond donors (Lipinski definition) is 2. The number of amides is 1. The molecule has 0 aliphatic heterocycles. The fraction of sp³-hybridized carbons (Fsp3) is 0.167. The van der Waals surface area contributed by atoms with Gasteiger partial charge in [-0.1, -0.05) is 30.3 Å². The average Bonchev–Trinajstić information content (AvgIpc) is 3.03. The average molecular weight is 365 g/mol. The van der Waals surface area contributed by atoms with E-state index in [9.17, 15) is 23.1 Å². The molecule has 3 rings (SSSR count). The van der Waals surface area contributed by atoms with Crippen LogP contribution in [0.25, 0.3) is 10.1 Å². The van der Waals surface area contributed by atoms with Gasteiger partial charge in [-0.3, -0.25) is 4.79 Å². The summed E-state index contributed by atoms with van der Waals surface area (Å²) in [7, 11) is 0. The Morgan fingerprint density at radius 2 is 1.80 bits per heavy atom. The third kappa shape index (κ3) is 3.67. The van der Waals surface area contributed by atoms with Gasteiger partial charge in [-0.05, 0) is 29.0 Å². The zero-order chi connectivity index (χ0) is 18.0. The molecule has 1 heterocycles. The molecule has 1 amide bonds. The molecule has 1 aromatic heterocycles. The molecule has 1 atom stereocenters. The first-order chi connectivity index (χ1) is 11.9. The molecule has 0 aliphatic carbocycles. The molecule has 130 valence electrons. The van der Waals surface area contributed by atoms with Crippen LogP contribution in [-0.4, -0.2) is 17.6 Å². The lowest BCUT2D eigenvalue weighted by Gasteiger charge is -2.15. The van der Waals surface area contributed by atoms with E-state index in [1.165, 1.54) is 23.5 Å². The fourth-order valence-corrected chi connectivity index (χ4v) is 3.59. The number of nitrogens with one attached hydrogen (secondary N) is 1. The van der Waals surface area contributed by atoms with Gasteiger partial charge in [-0.25, -0.2) is 0 Å². The van der Waals surface area contributed by atoms with Crippen LogP contribution < -0.4 is 5.32 Å². The largest absolute Gasteiger partial charge is 0.417 e. The van der Waals surface area contributed by atoms with E-state index < -0.39 is 29.3 Å². The van der Waals surface area contributed by atoms with E-state index in [1.54, 1.807) is 5.38 Å². The van der Waals surface area contributed by atoms with Crippen molar-refractivity contribution in [3.05, 3.63) is 70.6 Å². The predicted octanol–water partition coefficient (Wildman–Crippen LogP) is 4.38. The second kappa shape index (κ2) is 6.85. The van der Waals surface area contributed by atoms with Gasteiger partial charge in [0.15, 0.2) is 0 Å². The van der Waals surface area contributed by atoms with Gasteiger partial charge in [0, 0.05) is 16.8 Å². The van der Waals surface area contributed by atoms with Crippen molar-refractivity contribution in [2.75, 3.05) is 6.54 Å². The third-order valence-corrected chi connectivity index (χ3v) is 4.78. The Balaban J connectivity index is 1.75. The number of halogens is 3. The normalized spacial score (nSPS) is 13.0. The van der Waals surface area contributed by atoms with Crippen LogP contribution in [0.4, 0.5) is 13.2 Å². The summed E-state index contributed by atoms with van der Waals surface area (Å²) in [6, 6.07) is 12.1. The zero-order valence-corrected chi connectivity index (χ0v) is 13.7. The smallest absolute Gasteiger partial charge is 0.387 e. The molecule has 7 heteroatoms. The number of aliphatic hydroxyl groups is 1. The predicted molar refractivity (Wildman–Crippen MR) is 90.6 cm³/mol. The maximum absolute atomic E-state index is 13.0. The number of alkyl halides is 3. The molecule has 2 N–H and O–H groups in total. The molecule has 0 bridgehead atoms. The minimum Gasteiger partial charge on any atom is -0.387 e. The van der Waals surface area contributed by atoms with Crippen molar-refractivity contribution >= 4 is 27.3 Å². The van der Waals surface area contributed by atoms with E-state index in [2.05, 4.69) is 5.32 Å². The van der Waals surface area contributed by atoms with Crippen molar-refractivity contribution in [3.8, 4) is 0 Å². The Bertz CT molecular complexity index is 904. The maximum Gasteiger partial charge on any atom is 0.417 e. The van der Waals surface area contributed by atoms with Crippen LogP contribution in [0.5, 0.6) is 0 Å². The van der Waals surface area contributed by atoms with Crippen molar-refractivity contribution in [1.82, 2.24) is 5.32 Å². The number of aliphatic hydroxyl groups excluding tert-OH is 1. The van der Waals surface area contributed by atoms with E-state index in [4.69, 9.17) is 0 Å². The number of fused-ring (bicyclic) bond motifs is 1. The van der Waals surface area contributed by atoms with Gasteiger partial charge in [0.25, 0.3) is 5.91 Å². The van der Waals surface area contributed by atoms with Gasteiger partial charge in [0.05, 0.1) is 17.2 Å². The monoisotopic (exact) mass is 365 g/mol. The Hall–Kier alpha value is -2.38. The number of hydrogen-bond acceptors (Lipinski definition) is 3. The minimum absolute atomic E-state index is 0.175. The van der Waals surface area contributed by atoms with Crippen LogP contribution in [-0.2, 0) is 6.18 Å². The third-order valence-electron chi connectivity index (χ3n) is 3.80. The summed E-state index contributed by atoms with van der Waals surface area (Å²) in [5.74, 6) is -0.869. The Labute approximate surface area is 145 Å². The summed E-state index contributed by atoms with van der Waals surface area (Å²) >= 11 is 1.46. The molecule has 0 fully saturated rings. The number of carbonyl (C=O) groups excluding carboxylic acids is 1. The SMILES string of the molecule is O=C(NC[C@@H](O)c1csc2ccccc12)c1ccccc1C(F)(F)F. The zero-order valence-electron chi connectivity index (χ0n) is 12.9. The Morgan fingerprint density at radius 1 is 1.12 bits per heavy atom.